The second kappa shape index (κ2) is 12.2. The lowest BCUT2D eigenvalue weighted by Gasteiger charge is -2.20. The third kappa shape index (κ3) is 7.10. The Labute approximate surface area is 220 Å². The summed E-state index contributed by atoms with van der Waals surface area (Å²) in [5.41, 5.74) is 1.08. The third-order valence-electron chi connectivity index (χ3n) is 5.14. The number of aromatic nitrogens is 2. The van der Waals surface area contributed by atoms with Crippen molar-refractivity contribution in [3.63, 3.8) is 0 Å². The van der Waals surface area contributed by atoms with Gasteiger partial charge in [-0.3, -0.25) is 4.79 Å². The fourth-order valence-electron chi connectivity index (χ4n) is 3.23. The standard InChI is InChI=1S/C24H23N7O5S2/c1-18-12-15-27-24(28-18)30-37(33,34)21-10-6-20(7-11-21)29-23(32)19-4-8-22(9-5-19)38(35,36)31(16-2-13-25)17-3-14-26/h4-12,15H,2-3,16-17H2,1H3,(H,29,32)(H,27,28,30). The molecule has 196 valence electrons. The molecule has 0 saturated heterocycles. The summed E-state index contributed by atoms with van der Waals surface area (Å²) in [6.07, 6.45) is 1.38. The van der Waals surface area contributed by atoms with Crippen LogP contribution in [0.3, 0.4) is 0 Å². The second-order valence-corrected chi connectivity index (χ2v) is 11.5. The molecular formula is C24H23N7O5S2. The van der Waals surface area contributed by atoms with E-state index in [0.717, 1.165) is 4.31 Å². The average molecular weight is 554 g/mol. The van der Waals surface area contributed by atoms with Crippen LogP contribution in [0.5, 0.6) is 0 Å². The largest absolute Gasteiger partial charge is 0.322 e. The lowest BCUT2D eigenvalue weighted by Crippen LogP contribution is -2.32. The minimum atomic E-state index is -3.96. The fraction of sp³-hybridized carbons (Fsp3) is 0.208. The van der Waals surface area contributed by atoms with Crippen LogP contribution in [0.25, 0.3) is 0 Å². The van der Waals surface area contributed by atoms with E-state index in [1.165, 1.54) is 54.7 Å². The Kier molecular flexibility index (Phi) is 9.09. The van der Waals surface area contributed by atoms with Crippen LogP contribution in [0.2, 0.25) is 0 Å². The maximum atomic E-state index is 12.9. The highest BCUT2D eigenvalue weighted by Crippen LogP contribution is 2.20. The predicted octanol–water partition coefficient (Wildman–Crippen LogP) is 2.66. The van der Waals surface area contributed by atoms with Gasteiger partial charge in [0, 0.05) is 49.1 Å². The number of hydrogen-bond donors (Lipinski definition) is 2. The quantitative estimate of drug-likeness (QED) is 0.360. The molecule has 0 aliphatic heterocycles. The van der Waals surface area contributed by atoms with Crippen LogP contribution in [-0.4, -0.2) is 50.1 Å². The number of sulfonamides is 2. The van der Waals surface area contributed by atoms with Crippen LogP contribution < -0.4 is 10.0 Å². The van der Waals surface area contributed by atoms with Crippen molar-refractivity contribution in [3.05, 3.63) is 72.1 Å². The van der Waals surface area contributed by atoms with E-state index >= 15 is 0 Å². The van der Waals surface area contributed by atoms with Crippen molar-refractivity contribution in [2.75, 3.05) is 23.1 Å². The lowest BCUT2D eigenvalue weighted by molar-refractivity contribution is 0.102. The van der Waals surface area contributed by atoms with Gasteiger partial charge in [-0.05, 0) is 61.5 Å². The predicted molar refractivity (Wildman–Crippen MR) is 138 cm³/mol. The Morgan fingerprint density at radius 3 is 2.03 bits per heavy atom. The molecule has 0 radical (unpaired) electrons. The Balaban J connectivity index is 1.69. The van der Waals surface area contributed by atoms with Gasteiger partial charge < -0.3 is 5.32 Å². The number of hydrogen-bond acceptors (Lipinski definition) is 9. The molecule has 3 aromatic rings. The molecule has 2 N–H and O–H groups in total. The van der Waals surface area contributed by atoms with Crippen molar-refractivity contribution in [3.8, 4) is 12.1 Å². The van der Waals surface area contributed by atoms with Crippen molar-refractivity contribution < 1.29 is 21.6 Å². The van der Waals surface area contributed by atoms with E-state index in [1.807, 2.05) is 12.1 Å². The number of carbonyl (C=O) groups is 1. The first kappa shape index (κ1) is 28.2. The zero-order valence-electron chi connectivity index (χ0n) is 20.2. The number of nitrogens with zero attached hydrogens (tertiary/aromatic N) is 5. The molecule has 14 heteroatoms. The van der Waals surface area contributed by atoms with E-state index in [4.69, 9.17) is 10.5 Å². The number of amides is 1. The summed E-state index contributed by atoms with van der Waals surface area (Å²) in [7, 11) is -7.91. The van der Waals surface area contributed by atoms with Gasteiger partial charge in [-0.15, -0.1) is 0 Å². The van der Waals surface area contributed by atoms with Gasteiger partial charge in [-0.1, -0.05) is 0 Å². The molecule has 2 aromatic carbocycles. The normalized spacial score (nSPS) is 11.4. The Morgan fingerprint density at radius 2 is 1.47 bits per heavy atom. The summed E-state index contributed by atoms with van der Waals surface area (Å²) in [5.74, 6) is -0.604. The van der Waals surface area contributed by atoms with Gasteiger partial charge in [-0.25, -0.2) is 31.5 Å². The maximum Gasteiger partial charge on any atom is 0.264 e. The van der Waals surface area contributed by atoms with E-state index in [0.29, 0.717) is 11.4 Å². The summed E-state index contributed by atoms with van der Waals surface area (Å²) in [6.45, 7) is 1.59. The molecule has 0 aliphatic rings. The lowest BCUT2D eigenvalue weighted by atomic mass is 10.2. The molecule has 0 saturated carbocycles. The van der Waals surface area contributed by atoms with E-state index in [2.05, 4.69) is 20.0 Å². The van der Waals surface area contributed by atoms with Gasteiger partial charge in [0.15, 0.2) is 0 Å². The Hall–Kier alpha value is -4.37. The fourth-order valence-corrected chi connectivity index (χ4v) is 5.62. The highest BCUT2D eigenvalue weighted by molar-refractivity contribution is 7.92. The molecule has 0 spiro atoms. The van der Waals surface area contributed by atoms with Gasteiger partial charge in [0.25, 0.3) is 15.9 Å². The molecule has 12 nitrogen and oxygen atoms in total. The van der Waals surface area contributed by atoms with Gasteiger partial charge in [0.1, 0.15) is 0 Å². The summed E-state index contributed by atoms with van der Waals surface area (Å²) >= 11 is 0. The minimum absolute atomic E-state index is 0.0268. The molecule has 0 bridgehead atoms. The van der Waals surface area contributed by atoms with Gasteiger partial charge >= 0.3 is 0 Å². The van der Waals surface area contributed by atoms with E-state index in [9.17, 15) is 21.6 Å². The van der Waals surface area contributed by atoms with Crippen molar-refractivity contribution in [2.45, 2.75) is 29.6 Å². The van der Waals surface area contributed by atoms with Gasteiger partial charge in [0.05, 0.1) is 21.9 Å². The molecular weight excluding hydrogens is 530 g/mol. The highest BCUT2D eigenvalue weighted by atomic mass is 32.2. The topological polar surface area (TPSA) is 186 Å². The van der Waals surface area contributed by atoms with Crippen molar-refractivity contribution in [2.24, 2.45) is 0 Å². The zero-order valence-corrected chi connectivity index (χ0v) is 21.8. The van der Waals surface area contributed by atoms with Gasteiger partial charge in [0.2, 0.25) is 16.0 Å². The molecule has 38 heavy (non-hydrogen) atoms. The smallest absolute Gasteiger partial charge is 0.264 e. The number of anilines is 2. The molecule has 0 unspecified atom stereocenters. The van der Waals surface area contributed by atoms with E-state index in [-0.39, 0.29) is 47.2 Å². The second-order valence-electron chi connectivity index (χ2n) is 7.85. The zero-order chi connectivity index (χ0) is 27.8. The number of aryl methyl sites for hydroxylation is 1. The van der Waals surface area contributed by atoms with Crippen LogP contribution in [0.15, 0.2) is 70.6 Å². The number of nitrogens with one attached hydrogen (secondary N) is 2. The summed E-state index contributed by atoms with van der Waals surface area (Å²) < 4.78 is 54.3. The summed E-state index contributed by atoms with van der Waals surface area (Å²) in [5, 5.41) is 20.2. The van der Waals surface area contributed by atoms with Gasteiger partial charge in [-0.2, -0.15) is 14.8 Å². The number of benzene rings is 2. The van der Waals surface area contributed by atoms with Crippen LogP contribution in [0, 0.1) is 29.6 Å². The molecule has 0 atom stereocenters. The van der Waals surface area contributed by atoms with Crippen molar-refractivity contribution in [1.82, 2.24) is 14.3 Å². The van der Waals surface area contributed by atoms with E-state index < -0.39 is 26.0 Å². The first-order valence-corrected chi connectivity index (χ1v) is 14.1. The third-order valence-corrected chi connectivity index (χ3v) is 8.40. The maximum absolute atomic E-state index is 12.9. The first-order valence-electron chi connectivity index (χ1n) is 11.1. The van der Waals surface area contributed by atoms with Crippen LogP contribution >= 0.6 is 0 Å². The molecule has 1 aromatic heterocycles. The summed E-state index contributed by atoms with van der Waals surface area (Å²) in [6, 6.07) is 16.0. The molecule has 3 rings (SSSR count). The molecule has 0 aliphatic carbocycles. The average Bonchev–Trinajstić information content (AvgIpc) is 2.88. The molecule has 1 amide bonds. The minimum Gasteiger partial charge on any atom is -0.322 e. The number of nitriles is 2. The first-order chi connectivity index (χ1) is 18.1. The van der Waals surface area contributed by atoms with Crippen LogP contribution in [0.4, 0.5) is 11.6 Å². The van der Waals surface area contributed by atoms with Crippen LogP contribution in [0.1, 0.15) is 28.9 Å². The SMILES string of the molecule is Cc1ccnc(NS(=O)(=O)c2ccc(NC(=O)c3ccc(S(=O)(=O)N(CCC#N)CCC#N)cc3)cc2)n1. The van der Waals surface area contributed by atoms with E-state index in [1.54, 1.807) is 13.0 Å². The number of carbonyl (C=O) groups excluding carboxylic acids is 1. The Bertz CT molecular complexity index is 1580. The monoisotopic (exact) mass is 553 g/mol. The summed E-state index contributed by atoms with van der Waals surface area (Å²) in [4.78, 5) is 20.4. The highest BCUT2D eigenvalue weighted by Gasteiger charge is 2.24. The van der Waals surface area contributed by atoms with Crippen molar-refractivity contribution >= 4 is 37.6 Å². The van der Waals surface area contributed by atoms with Crippen molar-refractivity contribution in [1.29, 1.82) is 10.5 Å². The molecule has 1 heterocycles. The Morgan fingerprint density at radius 1 is 0.895 bits per heavy atom. The number of rotatable bonds is 11. The van der Waals surface area contributed by atoms with Crippen LogP contribution in [-0.2, 0) is 20.0 Å². The molecule has 0 fully saturated rings.